The monoisotopic (exact) mass is 255 g/mol. The van der Waals surface area contributed by atoms with E-state index in [-0.39, 0.29) is 25.0 Å². The molecule has 0 aliphatic rings. The topological polar surface area (TPSA) is 76.4 Å². The molecule has 1 atom stereocenters. The number of aliphatic hydroxyl groups is 1. The van der Waals surface area contributed by atoms with Crippen molar-refractivity contribution in [2.75, 3.05) is 20.3 Å². The van der Waals surface area contributed by atoms with Crippen molar-refractivity contribution in [1.82, 2.24) is 15.1 Å². The van der Waals surface area contributed by atoms with Crippen LogP contribution in [-0.2, 0) is 23.0 Å². The second-order valence-corrected chi connectivity index (χ2v) is 4.35. The van der Waals surface area contributed by atoms with Crippen LogP contribution < -0.4 is 5.32 Å². The number of nitrogens with one attached hydrogen (secondary N) is 1. The van der Waals surface area contributed by atoms with Crippen molar-refractivity contribution >= 4 is 5.91 Å². The summed E-state index contributed by atoms with van der Waals surface area (Å²) >= 11 is 0. The van der Waals surface area contributed by atoms with Crippen LogP contribution in [0.3, 0.4) is 0 Å². The van der Waals surface area contributed by atoms with Gasteiger partial charge in [-0.25, -0.2) is 0 Å². The summed E-state index contributed by atoms with van der Waals surface area (Å²) in [5, 5.41) is 16.1. The van der Waals surface area contributed by atoms with Crippen molar-refractivity contribution in [3.8, 4) is 0 Å². The molecule has 0 saturated carbocycles. The van der Waals surface area contributed by atoms with Gasteiger partial charge in [-0.2, -0.15) is 5.10 Å². The summed E-state index contributed by atoms with van der Waals surface area (Å²) in [6.07, 6.45) is 0.270. The third kappa shape index (κ3) is 3.54. The molecule has 6 heteroatoms. The summed E-state index contributed by atoms with van der Waals surface area (Å²) in [5.41, 5.74) is 2.77. The Bertz CT molecular complexity index is 415. The van der Waals surface area contributed by atoms with Crippen LogP contribution in [0.4, 0.5) is 0 Å². The van der Waals surface area contributed by atoms with Gasteiger partial charge in [0.25, 0.3) is 0 Å². The van der Waals surface area contributed by atoms with Crippen molar-refractivity contribution < 1.29 is 14.6 Å². The smallest absolute Gasteiger partial charge is 0.224 e. The van der Waals surface area contributed by atoms with E-state index < -0.39 is 0 Å². The van der Waals surface area contributed by atoms with Gasteiger partial charge in [0.1, 0.15) is 0 Å². The second kappa shape index (κ2) is 6.51. The molecule has 2 N–H and O–H groups in total. The summed E-state index contributed by atoms with van der Waals surface area (Å²) in [6, 6.07) is -0.361. The van der Waals surface area contributed by atoms with Crippen molar-refractivity contribution in [3.63, 3.8) is 0 Å². The molecule has 1 aromatic heterocycles. The van der Waals surface area contributed by atoms with Crippen LogP contribution in [0.5, 0.6) is 0 Å². The number of carbonyl (C=O) groups excluding carboxylic acids is 1. The van der Waals surface area contributed by atoms with Gasteiger partial charge >= 0.3 is 0 Å². The fourth-order valence-corrected chi connectivity index (χ4v) is 1.85. The molecule has 0 aromatic carbocycles. The highest BCUT2D eigenvalue weighted by Gasteiger charge is 2.16. The Morgan fingerprint density at radius 1 is 1.56 bits per heavy atom. The molecule has 0 bridgehead atoms. The lowest BCUT2D eigenvalue weighted by Crippen LogP contribution is -2.41. The van der Waals surface area contributed by atoms with Crippen molar-refractivity contribution in [2.45, 2.75) is 26.3 Å². The summed E-state index contributed by atoms with van der Waals surface area (Å²) in [7, 11) is 3.38. The van der Waals surface area contributed by atoms with E-state index >= 15 is 0 Å². The zero-order valence-corrected chi connectivity index (χ0v) is 11.4. The molecule has 0 fully saturated rings. The van der Waals surface area contributed by atoms with E-state index in [4.69, 9.17) is 9.84 Å². The van der Waals surface area contributed by atoms with Gasteiger partial charge in [0.2, 0.25) is 5.91 Å². The highest BCUT2D eigenvalue weighted by Crippen LogP contribution is 2.12. The van der Waals surface area contributed by atoms with E-state index in [1.54, 1.807) is 4.68 Å². The molecule has 102 valence electrons. The zero-order chi connectivity index (χ0) is 13.7. The summed E-state index contributed by atoms with van der Waals surface area (Å²) in [4.78, 5) is 11.9. The number of amides is 1. The van der Waals surface area contributed by atoms with Crippen molar-refractivity contribution in [3.05, 3.63) is 17.0 Å². The van der Waals surface area contributed by atoms with Crippen LogP contribution in [0, 0.1) is 13.8 Å². The Morgan fingerprint density at radius 2 is 2.22 bits per heavy atom. The molecular weight excluding hydrogens is 234 g/mol. The molecule has 1 heterocycles. The molecule has 0 saturated heterocycles. The number of ether oxygens (including phenoxy) is 1. The molecule has 1 amide bonds. The normalized spacial score (nSPS) is 12.5. The predicted octanol–water partition coefficient (Wildman–Crippen LogP) is -0.297. The van der Waals surface area contributed by atoms with Gasteiger partial charge in [-0.3, -0.25) is 9.48 Å². The second-order valence-electron chi connectivity index (χ2n) is 4.35. The SMILES string of the molecule is COCC(CO)NC(=O)Cc1c(C)nn(C)c1C. The molecule has 6 nitrogen and oxygen atoms in total. The van der Waals surface area contributed by atoms with E-state index in [1.807, 2.05) is 20.9 Å². The number of aryl methyl sites for hydroxylation is 2. The van der Waals surface area contributed by atoms with E-state index in [2.05, 4.69) is 10.4 Å². The first-order valence-electron chi connectivity index (χ1n) is 5.87. The first-order valence-corrected chi connectivity index (χ1v) is 5.87. The predicted molar refractivity (Wildman–Crippen MR) is 67.3 cm³/mol. The minimum absolute atomic E-state index is 0.134. The maximum absolute atomic E-state index is 11.9. The summed E-state index contributed by atoms with van der Waals surface area (Å²) in [6.45, 7) is 3.98. The van der Waals surface area contributed by atoms with Gasteiger partial charge in [0.05, 0.1) is 31.4 Å². The van der Waals surface area contributed by atoms with Gasteiger partial charge in [-0.05, 0) is 13.8 Å². The molecule has 0 radical (unpaired) electrons. The van der Waals surface area contributed by atoms with E-state index in [0.717, 1.165) is 17.0 Å². The number of nitrogens with zero attached hydrogens (tertiary/aromatic N) is 2. The lowest BCUT2D eigenvalue weighted by atomic mass is 10.1. The maximum atomic E-state index is 11.9. The molecule has 1 aromatic rings. The van der Waals surface area contributed by atoms with Crippen molar-refractivity contribution in [1.29, 1.82) is 0 Å². The molecule has 1 rings (SSSR count). The standard InChI is InChI=1S/C12H21N3O3/c1-8-11(9(2)15(3)14-8)5-12(17)13-10(6-16)7-18-4/h10,16H,5-7H2,1-4H3,(H,13,17). The largest absolute Gasteiger partial charge is 0.394 e. The first-order chi connectivity index (χ1) is 8.49. The number of carbonyl (C=O) groups is 1. The van der Waals surface area contributed by atoms with Gasteiger partial charge < -0.3 is 15.2 Å². The van der Waals surface area contributed by atoms with Gasteiger partial charge in [-0.1, -0.05) is 0 Å². The average molecular weight is 255 g/mol. The summed E-state index contributed by atoms with van der Waals surface area (Å²) < 4.78 is 6.67. The Balaban J connectivity index is 2.64. The van der Waals surface area contributed by atoms with Crippen LogP contribution in [-0.4, -0.2) is 47.2 Å². The molecule has 0 spiro atoms. The number of aromatic nitrogens is 2. The third-order valence-electron chi connectivity index (χ3n) is 2.95. The zero-order valence-electron chi connectivity index (χ0n) is 11.4. The van der Waals surface area contributed by atoms with E-state index in [1.165, 1.54) is 7.11 Å². The highest BCUT2D eigenvalue weighted by atomic mass is 16.5. The fourth-order valence-electron chi connectivity index (χ4n) is 1.85. The third-order valence-corrected chi connectivity index (χ3v) is 2.95. The Kier molecular flexibility index (Phi) is 5.30. The molecular formula is C12H21N3O3. The van der Waals surface area contributed by atoms with Crippen LogP contribution in [0.25, 0.3) is 0 Å². The van der Waals surface area contributed by atoms with Crippen LogP contribution in [0.1, 0.15) is 17.0 Å². The summed E-state index contributed by atoms with van der Waals surface area (Å²) in [5.74, 6) is -0.134. The van der Waals surface area contributed by atoms with E-state index in [9.17, 15) is 4.79 Å². The minimum atomic E-state index is -0.361. The minimum Gasteiger partial charge on any atom is -0.394 e. The maximum Gasteiger partial charge on any atom is 0.224 e. The van der Waals surface area contributed by atoms with Crippen LogP contribution >= 0.6 is 0 Å². The molecule has 0 aliphatic carbocycles. The lowest BCUT2D eigenvalue weighted by Gasteiger charge is -2.15. The fraction of sp³-hybridized carbons (Fsp3) is 0.667. The molecule has 18 heavy (non-hydrogen) atoms. The van der Waals surface area contributed by atoms with Crippen LogP contribution in [0.2, 0.25) is 0 Å². The number of hydrogen-bond acceptors (Lipinski definition) is 4. The number of rotatable bonds is 6. The first kappa shape index (κ1) is 14.7. The quantitative estimate of drug-likeness (QED) is 0.732. The van der Waals surface area contributed by atoms with Gasteiger partial charge in [-0.15, -0.1) is 0 Å². The van der Waals surface area contributed by atoms with E-state index in [0.29, 0.717) is 6.61 Å². The van der Waals surface area contributed by atoms with Crippen LogP contribution in [0.15, 0.2) is 0 Å². The Morgan fingerprint density at radius 3 is 2.67 bits per heavy atom. The Hall–Kier alpha value is -1.40. The lowest BCUT2D eigenvalue weighted by molar-refractivity contribution is -0.121. The number of aliphatic hydroxyl groups excluding tert-OH is 1. The molecule has 1 unspecified atom stereocenters. The molecule has 0 aliphatic heterocycles. The average Bonchev–Trinajstić information content (AvgIpc) is 2.55. The van der Waals surface area contributed by atoms with Crippen molar-refractivity contribution in [2.24, 2.45) is 7.05 Å². The number of hydrogen-bond donors (Lipinski definition) is 2. The van der Waals surface area contributed by atoms with Gasteiger partial charge in [0.15, 0.2) is 0 Å². The number of methoxy groups -OCH3 is 1. The van der Waals surface area contributed by atoms with Gasteiger partial charge in [0, 0.05) is 25.4 Å². The highest BCUT2D eigenvalue weighted by molar-refractivity contribution is 5.79. The Labute approximate surface area is 107 Å².